The highest BCUT2D eigenvalue weighted by Crippen LogP contribution is 2.28. The van der Waals surface area contributed by atoms with Crippen LogP contribution in [-0.2, 0) is 11.3 Å². The molecular formula is C24H23NO5. The molecule has 0 aliphatic heterocycles. The second-order valence-corrected chi connectivity index (χ2v) is 6.78. The van der Waals surface area contributed by atoms with Crippen LogP contribution in [0.4, 0.5) is 0 Å². The average Bonchev–Trinajstić information content (AvgIpc) is 2.75. The molecule has 1 N–H and O–H groups in total. The van der Waals surface area contributed by atoms with Crippen molar-refractivity contribution >= 4 is 11.9 Å². The number of para-hydroxylation sites is 2. The van der Waals surface area contributed by atoms with Gasteiger partial charge in [0.25, 0.3) is 5.91 Å². The van der Waals surface area contributed by atoms with Crippen LogP contribution in [0.15, 0.2) is 72.8 Å². The van der Waals surface area contributed by atoms with Crippen LogP contribution in [0.1, 0.15) is 21.5 Å². The maximum absolute atomic E-state index is 13.3. The minimum absolute atomic E-state index is 0.0913. The summed E-state index contributed by atoms with van der Waals surface area (Å²) < 4.78 is 11.3. The summed E-state index contributed by atoms with van der Waals surface area (Å²) in [7, 11) is 1.53. The first-order valence-corrected chi connectivity index (χ1v) is 9.44. The normalized spacial score (nSPS) is 10.3. The molecular weight excluding hydrogens is 382 g/mol. The van der Waals surface area contributed by atoms with E-state index in [1.54, 1.807) is 36.4 Å². The van der Waals surface area contributed by atoms with Crippen molar-refractivity contribution < 1.29 is 24.2 Å². The third-order valence-corrected chi connectivity index (χ3v) is 4.53. The van der Waals surface area contributed by atoms with Crippen LogP contribution in [-0.4, -0.2) is 35.5 Å². The Morgan fingerprint density at radius 3 is 2.20 bits per heavy atom. The summed E-state index contributed by atoms with van der Waals surface area (Å²) >= 11 is 0. The van der Waals surface area contributed by atoms with Crippen LogP contribution in [0.5, 0.6) is 17.2 Å². The van der Waals surface area contributed by atoms with Crippen LogP contribution >= 0.6 is 0 Å². The van der Waals surface area contributed by atoms with E-state index in [0.717, 1.165) is 5.56 Å². The van der Waals surface area contributed by atoms with E-state index in [1.165, 1.54) is 12.0 Å². The molecule has 0 bridgehead atoms. The molecule has 0 heterocycles. The lowest BCUT2D eigenvalue weighted by Gasteiger charge is -2.23. The van der Waals surface area contributed by atoms with Gasteiger partial charge in [-0.2, -0.15) is 0 Å². The third kappa shape index (κ3) is 5.17. The number of aliphatic carboxylic acids is 1. The number of aryl methyl sites for hydroxylation is 1. The maximum atomic E-state index is 13.3. The van der Waals surface area contributed by atoms with Gasteiger partial charge in [0.15, 0.2) is 0 Å². The fraction of sp³-hybridized carbons (Fsp3) is 0.167. The summed E-state index contributed by atoms with van der Waals surface area (Å²) in [6.07, 6.45) is 0. The number of ether oxygens (including phenoxy) is 2. The Balaban J connectivity index is 1.91. The van der Waals surface area contributed by atoms with Crippen molar-refractivity contribution in [2.75, 3.05) is 13.7 Å². The first kappa shape index (κ1) is 20.9. The molecule has 6 heteroatoms. The van der Waals surface area contributed by atoms with Gasteiger partial charge in [-0.05, 0) is 37.3 Å². The second-order valence-electron chi connectivity index (χ2n) is 6.78. The van der Waals surface area contributed by atoms with Crippen LogP contribution in [0.25, 0.3) is 0 Å². The molecule has 0 spiro atoms. The summed E-state index contributed by atoms with van der Waals surface area (Å²) in [6.45, 7) is 1.62. The summed E-state index contributed by atoms with van der Waals surface area (Å²) in [5, 5.41) is 9.36. The zero-order chi connectivity index (χ0) is 21.5. The number of rotatable bonds is 8. The van der Waals surface area contributed by atoms with Crippen molar-refractivity contribution in [2.45, 2.75) is 13.5 Å². The van der Waals surface area contributed by atoms with Gasteiger partial charge in [-0.15, -0.1) is 0 Å². The molecule has 0 unspecified atom stereocenters. The highest BCUT2D eigenvalue weighted by atomic mass is 16.5. The highest BCUT2D eigenvalue weighted by molar-refractivity contribution is 5.98. The van der Waals surface area contributed by atoms with E-state index in [2.05, 4.69) is 0 Å². The van der Waals surface area contributed by atoms with E-state index in [4.69, 9.17) is 9.47 Å². The third-order valence-electron chi connectivity index (χ3n) is 4.53. The zero-order valence-electron chi connectivity index (χ0n) is 16.9. The van der Waals surface area contributed by atoms with Gasteiger partial charge in [-0.1, -0.05) is 48.0 Å². The smallest absolute Gasteiger partial charge is 0.323 e. The molecule has 30 heavy (non-hydrogen) atoms. The predicted octanol–water partition coefficient (Wildman–Crippen LogP) is 4.52. The van der Waals surface area contributed by atoms with Crippen LogP contribution in [0.2, 0.25) is 0 Å². The molecule has 3 rings (SSSR count). The number of nitrogens with zero attached hydrogens (tertiary/aromatic N) is 1. The molecule has 3 aromatic carbocycles. The summed E-state index contributed by atoms with van der Waals surface area (Å²) in [5.41, 5.74) is 2.09. The summed E-state index contributed by atoms with van der Waals surface area (Å²) in [4.78, 5) is 26.0. The van der Waals surface area contributed by atoms with Gasteiger partial charge in [-0.25, -0.2) is 0 Å². The minimum atomic E-state index is -1.10. The van der Waals surface area contributed by atoms with Gasteiger partial charge in [0.1, 0.15) is 23.8 Å². The topological polar surface area (TPSA) is 76.1 Å². The quantitative estimate of drug-likeness (QED) is 0.596. The fourth-order valence-corrected chi connectivity index (χ4v) is 3.04. The Hall–Kier alpha value is -3.80. The van der Waals surface area contributed by atoms with Gasteiger partial charge >= 0.3 is 5.97 Å². The molecule has 1 amide bonds. The molecule has 0 aliphatic carbocycles. The minimum Gasteiger partial charge on any atom is -0.496 e. The molecule has 0 saturated carbocycles. The van der Waals surface area contributed by atoms with E-state index < -0.39 is 18.4 Å². The van der Waals surface area contributed by atoms with Crippen molar-refractivity contribution in [1.82, 2.24) is 4.90 Å². The maximum Gasteiger partial charge on any atom is 0.323 e. The zero-order valence-corrected chi connectivity index (χ0v) is 16.9. The molecule has 0 radical (unpaired) electrons. The number of hydrogen-bond donors (Lipinski definition) is 1. The summed E-state index contributed by atoms with van der Waals surface area (Å²) in [6, 6.07) is 21.5. The van der Waals surface area contributed by atoms with Crippen LogP contribution in [0, 0.1) is 6.92 Å². The lowest BCUT2D eigenvalue weighted by atomic mass is 10.1. The number of carboxylic acids is 1. The molecule has 154 valence electrons. The van der Waals surface area contributed by atoms with Gasteiger partial charge in [-0.3, -0.25) is 9.59 Å². The number of carboxylic acid groups (broad SMARTS) is 1. The number of methoxy groups -OCH3 is 1. The van der Waals surface area contributed by atoms with E-state index in [9.17, 15) is 14.7 Å². The average molecular weight is 405 g/mol. The second kappa shape index (κ2) is 9.60. The lowest BCUT2D eigenvalue weighted by molar-refractivity contribution is -0.137. The van der Waals surface area contributed by atoms with Crippen molar-refractivity contribution in [3.05, 3.63) is 89.5 Å². The van der Waals surface area contributed by atoms with Crippen molar-refractivity contribution in [1.29, 1.82) is 0 Å². The fourth-order valence-electron chi connectivity index (χ4n) is 3.04. The monoisotopic (exact) mass is 405 g/mol. The van der Waals surface area contributed by atoms with Crippen molar-refractivity contribution in [3.8, 4) is 17.2 Å². The van der Waals surface area contributed by atoms with E-state index >= 15 is 0 Å². The van der Waals surface area contributed by atoms with Crippen LogP contribution < -0.4 is 9.47 Å². The van der Waals surface area contributed by atoms with E-state index in [1.807, 2.05) is 43.3 Å². The summed E-state index contributed by atoms with van der Waals surface area (Å²) in [5.74, 6) is 0.00297. The first-order chi connectivity index (χ1) is 14.5. The number of carbonyl (C=O) groups is 2. The first-order valence-electron chi connectivity index (χ1n) is 9.44. The Morgan fingerprint density at radius 1 is 0.900 bits per heavy atom. The van der Waals surface area contributed by atoms with Gasteiger partial charge in [0.05, 0.1) is 19.2 Å². The Labute approximate surface area is 175 Å². The van der Waals surface area contributed by atoms with Crippen molar-refractivity contribution in [2.24, 2.45) is 0 Å². The van der Waals surface area contributed by atoms with Gasteiger partial charge in [0, 0.05) is 5.56 Å². The molecule has 0 atom stereocenters. The molecule has 0 fully saturated rings. The number of benzene rings is 3. The van der Waals surface area contributed by atoms with Gasteiger partial charge < -0.3 is 19.5 Å². The van der Waals surface area contributed by atoms with Gasteiger partial charge in [0.2, 0.25) is 0 Å². The Kier molecular flexibility index (Phi) is 6.70. The molecule has 3 aromatic rings. The lowest BCUT2D eigenvalue weighted by Crippen LogP contribution is -2.35. The largest absolute Gasteiger partial charge is 0.496 e. The molecule has 0 aliphatic rings. The van der Waals surface area contributed by atoms with Crippen LogP contribution in [0.3, 0.4) is 0 Å². The van der Waals surface area contributed by atoms with E-state index in [-0.39, 0.29) is 12.1 Å². The Bertz CT molecular complexity index is 1030. The number of hydrogen-bond acceptors (Lipinski definition) is 4. The van der Waals surface area contributed by atoms with Crippen molar-refractivity contribution in [3.63, 3.8) is 0 Å². The molecule has 0 saturated heterocycles. The number of amides is 1. The SMILES string of the molecule is COc1ccccc1CN(CC(=O)O)C(=O)c1ccccc1Oc1ccc(C)cc1. The Morgan fingerprint density at radius 2 is 1.53 bits per heavy atom. The molecule has 6 nitrogen and oxygen atoms in total. The standard InChI is InChI=1S/C24H23NO5/c1-17-11-13-19(14-12-17)30-22-10-6-4-8-20(22)24(28)25(16-23(26)27)15-18-7-3-5-9-21(18)29-2/h3-14H,15-16H2,1-2H3,(H,26,27). The highest BCUT2D eigenvalue weighted by Gasteiger charge is 2.23. The number of carbonyl (C=O) groups excluding carboxylic acids is 1. The predicted molar refractivity (Wildman–Crippen MR) is 113 cm³/mol. The van der Waals surface area contributed by atoms with E-state index in [0.29, 0.717) is 22.8 Å². The molecule has 0 aromatic heterocycles.